The lowest BCUT2D eigenvalue weighted by molar-refractivity contribution is 0.273. The molecule has 0 amide bonds. The van der Waals surface area contributed by atoms with Gasteiger partial charge in [-0.25, -0.2) is 4.39 Å². The second kappa shape index (κ2) is 4.27. The molecule has 2 rings (SSSR count). The summed E-state index contributed by atoms with van der Waals surface area (Å²) in [5, 5.41) is 3.84. The standard InChI is InChI=1S/C9H6ClFN2O2/c10-6-1-2-8(7(11)3-6)14-4-9-12-5-15-13-9/h1-3,5H,4H2. The van der Waals surface area contributed by atoms with E-state index in [9.17, 15) is 4.39 Å². The zero-order valence-corrected chi connectivity index (χ0v) is 8.24. The van der Waals surface area contributed by atoms with Crippen LogP contribution in [-0.2, 0) is 6.61 Å². The Hall–Kier alpha value is -1.62. The van der Waals surface area contributed by atoms with Crippen molar-refractivity contribution in [2.75, 3.05) is 0 Å². The van der Waals surface area contributed by atoms with Crippen molar-refractivity contribution in [2.45, 2.75) is 6.61 Å². The molecule has 0 spiro atoms. The topological polar surface area (TPSA) is 48.2 Å². The van der Waals surface area contributed by atoms with Gasteiger partial charge in [0.25, 0.3) is 0 Å². The molecule has 0 fully saturated rings. The summed E-state index contributed by atoms with van der Waals surface area (Å²) in [5.41, 5.74) is 0. The van der Waals surface area contributed by atoms with Crippen molar-refractivity contribution in [1.82, 2.24) is 10.1 Å². The van der Waals surface area contributed by atoms with E-state index in [1.807, 2.05) is 0 Å². The first kappa shape index (κ1) is 9.92. The molecule has 1 aromatic heterocycles. The molecular weight excluding hydrogens is 223 g/mol. The summed E-state index contributed by atoms with van der Waals surface area (Å²) in [6.45, 7) is 0.0506. The molecule has 1 aromatic carbocycles. The molecule has 6 heteroatoms. The second-order valence-corrected chi connectivity index (χ2v) is 3.15. The van der Waals surface area contributed by atoms with Gasteiger partial charge in [0.15, 0.2) is 18.2 Å². The third-order valence-electron chi connectivity index (χ3n) is 1.66. The van der Waals surface area contributed by atoms with Gasteiger partial charge in [0.05, 0.1) is 0 Å². The molecule has 0 N–H and O–H groups in total. The lowest BCUT2D eigenvalue weighted by Crippen LogP contribution is -1.98. The number of ether oxygens (including phenoxy) is 1. The van der Waals surface area contributed by atoms with Crippen molar-refractivity contribution in [2.24, 2.45) is 0 Å². The van der Waals surface area contributed by atoms with Crippen LogP contribution in [0.15, 0.2) is 29.1 Å². The molecular formula is C9H6ClFN2O2. The highest BCUT2D eigenvalue weighted by Crippen LogP contribution is 2.21. The van der Waals surface area contributed by atoms with Crippen molar-refractivity contribution in [1.29, 1.82) is 0 Å². The van der Waals surface area contributed by atoms with Crippen molar-refractivity contribution >= 4 is 11.6 Å². The average Bonchev–Trinajstić information content (AvgIpc) is 2.69. The summed E-state index contributed by atoms with van der Waals surface area (Å²) in [6, 6.07) is 4.15. The zero-order valence-electron chi connectivity index (χ0n) is 7.48. The van der Waals surface area contributed by atoms with Gasteiger partial charge in [-0.3, -0.25) is 0 Å². The van der Waals surface area contributed by atoms with Gasteiger partial charge in [0.1, 0.15) is 0 Å². The van der Waals surface area contributed by atoms with Crippen LogP contribution in [0.25, 0.3) is 0 Å². The van der Waals surface area contributed by atoms with Crippen LogP contribution in [0.4, 0.5) is 4.39 Å². The maximum absolute atomic E-state index is 13.2. The van der Waals surface area contributed by atoms with Crippen LogP contribution in [0.5, 0.6) is 5.75 Å². The van der Waals surface area contributed by atoms with E-state index in [0.29, 0.717) is 10.8 Å². The lowest BCUT2D eigenvalue weighted by atomic mass is 10.3. The summed E-state index contributed by atoms with van der Waals surface area (Å²) < 4.78 is 22.8. The molecule has 0 bridgehead atoms. The molecule has 0 aliphatic heterocycles. The van der Waals surface area contributed by atoms with Crippen LogP contribution < -0.4 is 4.74 Å². The van der Waals surface area contributed by atoms with Crippen LogP contribution in [0.3, 0.4) is 0 Å². The van der Waals surface area contributed by atoms with E-state index in [0.717, 1.165) is 0 Å². The van der Waals surface area contributed by atoms with Crippen LogP contribution >= 0.6 is 11.6 Å². The Labute approximate surface area is 89.6 Å². The molecule has 0 aliphatic rings. The molecule has 15 heavy (non-hydrogen) atoms. The highest BCUT2D eigenvalue weighted by atomic mass is 35.5. The van der Waals surface area contributed by atoms with Gasteiger partial charge in [-0.1, -0.05) is 16.8 Å². The Morgan fingerprint density at radius 1 is 1.47 bits per heavy atom. The summed E-state index contributed by atoms with van der Waals surface area (Å²) >= 11 is 5.58. The van der Waals surface area contributed by atoms with E-state index >= 15 is 0 Å². The van der Waals surface area contributed by atoms with Crippen molar-refractivity contribution in [3.8, 4) is 5.75 Å². The maximum Gasteiger partial charge on any atom is 0.213 e. The van der Waals surface area contributed by atoms with Gasteiger partial charge in [-0.15, -0.1) is 0 Å². The summed E-state index contributed by atoms with van der Waals surface area (Å²) in [5.74, 6) is -0.0699. The monoisotopic (exact) mass is 228 g/mol. The first-order valence-electron chi connectivity index (χ1n) is 4.09. The van der Waals surface area contributed by atoms with E-state index in [1.165, 1.54) is 24.6 Å². The van der Waals surface area contributed by atoms with Gasteiger partial charge in [0.2, 0.25) is 12.2 Å². The zero-order chi connectivity index (χ0) is 10.7. The second-order valence-electron chi connectivity index (χ2n) is 2.71. The van der Waals surface area contributed by atoms with Gasteiger partial charge >= 0.3 is 0 Å². The molecule has 0 saturated heterocycles. The highest BCUT2D eigenvalue weighted by Gasteiger charge is 2.05. The number of benzene rings is 1. The quantitative estimate of drug-likeness (QED) is 0.810. The van der Waals surface area contributed by atoms with Crippen LogP contribution in [-0.4, -0.2) is 10.1 Å². The fourth-order valence-corrected chi connectivity index (χ4v) is 1.15. The lowest BCUT2D eigenvalue weighted by Gasteiger charge is -2.04. The fourth-order valence-electron chi connectivity index (χ4n) is 0.991. The van der Waals surface area contributed by atoms with Crippen molar-refractivity contribution < 1.29 is 13.7 Å². The summed E-state index contributed by atoms with van der Waals surface area (Å²) in [4.78, 5) is 3.73. The molecule has 0 unspecified atom stereocenters. The molecule has 0 saturated carbocycles. The average molecular weight is 229 g/mol. The summed E-state index contributed by atoms with van der Waals surface area (Å²) in [6.07, 6.45) is 1.18. The predicted octanol–water partition coefficient (Wildman–Crippen LogP) is 2.44. The number of aromatic nitrogens is 2. The van der Waals surface area contributed by atoms with Gasteiger partial charge in [-0.05, 0) is 18.2 Å². The Kier molecular flexibility index (Phi) is 2.82. The minimum Gasteiger partial charge on any atom is -0.482 e. The molecule has 2 aromatic rings. The highest BCUT2D eigenvalue weighted by molar-refractivity contribution is 6.30. The molecule has 4 nitrogen and oxygen atoms in total. The van der Waals surface area contributed by atoms with Crippen LogP contribution in [0.2, 0.25) is 5.02 Å². The summed E-state index contributed by atoms with van der Waals surface area (Å²) in [7, 11) is 0. The first-order chi connectivity index (χ1) is 7.25. The minimum absolute atomic E-state index is 0.0506. The minimum atomic E-state index is -0.522. The van der Waals surface area contributed by atoms with Crippen LogP contribution in [0, 0.1) is 5.82 Å². The Morgan fingerprint density at radius 2 is 2.33 bits per heavy atom. The number of rotatable bonds is 3. The Bertz CT molecular complexity index is 447. The predicted molar refractivity (Wildman–Crippen MR) is 50.0 cm³/mol. The van der Waals surface area contributed by atoms with E-state index in [1.54, 1.807) is 0 Å². The first-order valence-corrected chi connectivity index (χ1v) is 4.46. The molecule has 0 aliphatic carbocycles. The molecule has 1 heterocycles. The number of halogens is 2. The maximum atomic E-state index is 13.2. The van der Waals surface area contributed by atoms with E-state index in [2.05, 4.69) is 14.7 Å². The largest absolute Gasteiger partial charge is 0.482 e. The van der Waals surface area contributed by atoms with E-state index < -0.39 is 5.82 Å². The van der Waals surface area contributed by atoms with E-state index in [4.69, 9.17) is 16.3 Å². The SMILES string of the molecule is Fc1cc(Cl)ccc1OCc1ncon1. The normalized spacial score (nSPS) is 10.3. The number of nitrogens with zero attached hydrogens (tertiary/aromatic N) is 2. The third kappa shape index (κ3) is 2.44. The van der Waals surface area contributed by atoms with Gasteiger partial charge in [0, 0.05) is 5.02 Å². The fraction of sp³-hybridized carbons (Fsp3) is 0.111. The van der Waals surface area contributed by atoms with Gasteiger partial charge in [-0.2, -0.15) is 4.98 Å². The van der Waals surface area contributed by atoms with Crippen molar-refractivity contribution in [3.63, 3.8) is 0 Å². The van der Waals surface area contributed by atoms with Crippen LogP contribution in [0.1, 0.15) is 5.82 Å². The van der Waals surface area contributed by atoms with Gasteiger partial charge < -0.3 is 9.26 Å². The Morgan fingerprint density at radius 3 is 3.00 bits per heavy atom. The van der Waals surface area contributed by atoms with Crippen molar-refractivity contribution in [3.05, 3.63) is 41.3 Å². The molecule has 0 radical (unpaired) electrons. The smallest absolute Gasteiger partial charge is 0.213 e. The molecule has 78 valence electrons. The van der Waals surface area contributed by atoms with E-state index in [-0.39, 0.29) is 12.4 Å². The molecule has 0 atom stereocenters. The third-order valence-corrected chi connectivity index (χ3v) is 1.89. The number of hydrogen-bond donors (Lipinski definition) is 0. The Balaban J connectivity index is 2.05. The number of hydrogen-bond acceptors (Lipinski definition) is 4.